The van der Waals surface area contributed by atoms with Crippen LogP contribution in [0.2, 0.25) is 0 Å². The molecule has 0 amide bonds. The number of aliphatic hydroxyl groups excluding tert-OH is 2. The highest BCUT2D eigenvalue weighted by molar-refractivity contribution is 5.69. The maximum absolute atomic E-state index is 14.8. The highest BCUT2D eigenvalue weighted by Crippen LogP contribution is 2.69. The summed E-state index contributed by atoms with van der Waals surface area (Å²) in [6.07, 6.45) is 5.20. The number of esters is 1. The Kier molecular flexibility index (Phi) is 6.75. The van der Waals surface area contributed by atoms with Crippen molar-refractivity contribution in [3.8, 4) is 0 Å². The molecule has 0 spiro atoms. The summed E-state index contributed by atoms with van der Waals surface area (Å²) in [5, 5.41) is 22.1. The summed E-state index contributed by atoms with van der Waals surface area (Å²) in [7, 11) is 1.45. The van der Waals surface area contributed by atoms with Gasteiger partial charge in [0.25, 0.3) is 0 Å². The Hall–Kier alpha value is -0.680. The van der Waals surface area contributed by atoms with Crippen LogP contribution in [0.25, 0.3) is 0 Å². The number of methoxy groups -OCH3 is 1. The molecule has 0 bridgehead atoms. The molecule has 0 aromatic heterocycles. The second-order valence-corrected chi connectivity index (χ2v) is 12.3. The lowest BCUT2D eigenvalue weighted by Crippen LogP contribution is -2.63. The third-order valence-electron chi connectivity index (χ3n) is 11.2. The second-order valence-electron chi connectivity index (χ2n) is 12.3. The molecule has 4 aliphatic carbocycles. The van der Waals surface area contributed by atoms with Gasteiger partial charge in [0.1, 0.15) is 6.17 Å². The zero-order valence-electron chi connectivity index (χ0n) is 20.7. The van der Waals surface area contributed by atoms with E-state index in [2.05, 4.69) is 27.7 Å². The average Bonchev–Trinajstić information content (AvgIpc) is 3.11. The molecule has 0 aliphatic heterocycles. The molecule has 0 saturated heterocycles. The van der Waals surface area contributed by atoms with Crippen LogP contribution in [0.3, 0.4) is 0 Å². The van der Waals surface area contributed by atoms with Gasteiger partial charge in [0.05, 0.1) is 19.3 Å². The SMILES string of the molecule is CC[C@H]1C(O)C2C3CC[C@H]([C@H](C)CCC(=O)OC)[C@@]3(C)CCC2[C@@]2(C)C[C@H](F)[C@@H](O)C[C@@H]12. The molecular weight excluding hydrogens is 407 g/mol. The summed E-state index contributed by atoms with van der Waals surface area (Å²) < 4.78 is 19.7. The minimum Gasteiger partial charge on any atom is -0.469 e. The molecular formula is C27H45FO4. The van der Waals surface area contributed by atoms with E-state index in [1.807, 2.05) is 0 Å². The van der Waals surface area contributed by atoms with Gasteiger partial charge in [-0.15, -0.1) is 0 Å². The highest BCUT2D eigenvalue weighted by Gasteiger charge is 2.65. The van der Waals surface area contributed by atoms with Crippen molar-refractivity contribution in [2.24, 2.45) is 52.3 Å². The van der Waals surface area contributed by atoms with E-state index in [4.69, 9.17) is 4.74 Å². The molecule has 0 heterocycles. The van der Waals surface area contributed by atoms with Gasteiger partial charge in [-0.25, -0.2) is 4.39 Å². The Bertz CT molecular complexity index is 699. The number of ether oxygens (including phenoxy) is 1. The van der Waals surface area contributed by atoms with Crippen molar-refractivity contribution in [1.29, 1.82) is 0 Å². The number of hydrogen-bond donors (Lipinski definition) is 2. The van der Waals surface area contributed by atoms with E-state index in [1.54, 1.807) is 0 Å². The van der Waals surface area contributed by atoms with Crippen LogP contribution in [0.4, 0.5) is 4.39 Å². The van der Waals surface area contributed by atoms with Crippen molar-refractivity contribution in [2.45, 2.75) is 104 Å². The number of fused-ring (bicyclic) bond motifs is 5. The quantitative estimate of drug-likeness (QED) is 0.566. The molecule has 0 aromatic carbocycles. The molecule has 4 nitrogen and oxygen atoms in total. The van der Waals surface area contributed by atoms with Gasteiger partial charge < -0.3 is 14.9 Å². The second kappa shape index (κ2) is 8.83. The first-order valence-corrected chi connectivity index (χ1v) is 13.2. The van der Waals surface area contributed by atoms with Crippen LogP contribution in [-0.4, -0.2) is 41.7 Å². The van der Waals surface area contributed by atoms with Gasteiger partial charge in [-0.2, -0.15) is 0 Å². The zero-order valence-corrected chi connectivity index (χ0v) is 20.7. The third-order valence-corrected chi connectivity index (χ3v) is 11.2. The van der Waals surface area contributed by atoms with Gasteiger partial charge in [-0.05, 0) is 97.2 Å². The number of halogens is 1. The molecule has 0 radical (unpaired) electrons. The third kappa shape index (κ3) is 3.65. The van der Waals surface area contributed by atoms with Crippen LogP contribution < -0.4 is 0 Å². The molecule has 4 saturated carbocycles. The number of carbonyl (C=O) groups is 1. The van der Waals surface area contributed by atoms with Gasteiger partial charge in [-0.3, -0.25) is 4.79 Å². The Labute approximate surface area is 193 Å². The fraction of sp³-hybridized carbons (Fsp3) is 0.963. The molecule has 32 heavy (non-hydrogen) atoms. The van der Waals surface area contributed by atoms with Gasteiger partial charge in [-0.1, -0.05) is 34.1 Å². The van der Waals surface area contributed by atoms with Crippen LogP contribution in [0.15, 0.2) is 0 Å². The van der Waals surface area contributed by atoms with E-state index >= 15 is 0 Å². The topological polar surface area (TPSA) is 66.8 Å². The molecule has 5 heteroatoms. The van der Waals surface area contributed by atoms with Crippen molar-refractivity contribution in [1.82, 2.24) is 0 Å². The fourth-order valence-electron chi connectivity index (χ4n) is 9.59. The Morgan fingerprint density at radius 2 is 1.81 bits per heavy atom. The van der Waals surface area contributed by atoms with Crippen LogP contribution >= 0.6 is 0 Å². The number of rotatable bonds is 5. The normalized spacial score (nSPS) is 51.3. The number of alkyl halides is 1. The van der Waals surface area contributed by atoms with Crippen LogP contribution in [-0.2, 0) is 9.53 Å². The largest absolute Gasteiger partial charge is 0.469 e. The van der Waals surface area contributed by atoms with Crippen molar-refractivity contribution >= 4 is 5.97 Å². The first kappa shape index (κ1) is 24.4. The predicted molar refractivity (Wildman–Crippen MR) is 122 cm³/mol. The van der Waals surface area contributed by atoms with E-state index in [9.17, 15) is 19.4 Å². The van der Waals surface area contributed by atoms with E-state index < -0.39 is 12.3 Å². The lowest BCUT2D eigenvalue weighted by Gasteiger charge is -2.65. The average molecular weight is 453 g/mol. The number of aliphatic hydroxyl groups is 2. The number of carbonyl (C=O) groups excluding carboxylic acids is 1. The fourth-order valence-corrected chi connectivity index (χ4v) is 9.59. The van der Waals surface area contributed by atoms with E-state index in [0.29, 0.717) is 42.9 Å². The van der Waals surface area contributed by atoms with Crippen molar-refractivity contribution in [3.05, 3.63) is 0 Å². The van der Waals surface area contributed by atoms with Gasteiger partial charge in [0.15, 0.2) is 0 Å². The molecule has 4 aliphatic rings. The van der Waals surface area contributed by atoms with Gasteiger partial charge in [0, 0.05) is 6.42 Å². The Morgan fingerprint density at radius 1 is 1.12 bits per heavy atom. The molecule has 4 rings (SSSR count). The monoisotopic (exact) mass is 452 g/mol. The maximum atomic E-state index is 14.8. The van der Waals surface area contributed by atoms with E-state index in [1.165, 1.54) is 7.11 Å². The van der Waals surface area contributed by atoms with Crippen molar-refractivity contribution in [2.75, 3.05) is 7.11 Å². The lowest BCUT2D eigenvalue weighted by molar-refractivity contribution is -0.213. The molecule has 12 atom stereocenters. The van der Waals surface area contributed by atoms with Gasteiger partial charge >= 0.3 is 5.97 Å². The molecule has 2 N–H and O–H groups in total. The van der Waals surface area contributed by atoms with Crippen molar-refractivity contribution < 1.29 is 24.1 Å². The first-order chi connectivity index (χ1) is 15.1. The summed E-state index contributed by atoms with van der Waals surface area (Å²) in [6.45, 7) is 9.14. The maximum Gasteiger partial charge on any atom is 0.305 e. The minimum atomic E-state index is -1.15. The standard InChI is InChI=1S/C27H45FO4/c1-6-16-20-13-22(29)21(28)14-27(20,4)19-11-12-26(3)17(15(2)7-10-23(30)32-5)8-9-18(26)24(19)25(16)31/h15-22,24-25,29,31H,6-14H2,1-5H3/t15-,16-,17-,18?,19?,20+,21+,22+,24?,25?,26-,27-/m1/s1. The first-order valence-electron chi connectivity index (χ1n) is 13.2. The van der Waals surface area contributed by atoms with Crippen LogP contribution in [0, 0.1) is 52.3 Å². The lowest BCUT2D eigenvalue weighted by atomic mass is 9.41. The molecule has 184 valence electrons. The summed E-state index contributed by atoms with van der Waals surface area (Å²) in [5.41, 5.74) is 0.0294. The smallest absolute Gasteiger partial charge is 0.305 e. The van der Waals surface area contributed by atoms with Gasteiger partial charge in [0.2, 0.25) is 0 Å². The van der Waals surface area contributed by atoms with Crippen LogP contribution in [0.1, 0.15) is 85.5 Å². The molecule has 4 unspecified atom stereocenters. The summed E-state index contributed by atoms with van der Waals surface area (Å²) >= 11 is 0. The summed E-state index contributed by atoms with van der Waals surface area (Å²) in [6, 6.07) is 0. The Morgan fingerprint density at radius 3 is 2.47 bits per heavy atom. The van der Waals surface area contributed by atoms with E-state index in [-0.39, 0.29) is 40.7 Å². The highest BCUT2D eigenvalue weighted by atomic mass is 19.1. The Balaban J connectivity index is 1.60. The molecule has 0 aromatic rings. The van der Waals surface area contributed by atoms with Crippen molar-refractivity contribution in [3.63, 3.8) is 0 Å². The summed E-state index contributed by atoms with van der Waals surface area (Å²) in [5.74, 6) is 2.22. The molecule has 4 fully saturated rings. The minimum absolute atomic E-state index is 0.132. The predicted octanol–water partition coefficient (Wildman–Crippen LogP) is 5.15. The summed E-state index contributed by atoms with van der Waals surface area (Å²) in [4.78, 5) is 11.7. The zero-order chi connectivity index (χ0) is 23.4. The van der Waals surface area contributed by atoms with E-state index in [0.717, 1.165) is 38.5 Å². The van der Waals surface area contributed by atoms with Crippen LogP contribution in [0.5, 0.6) is 0 Å². The number of hydrogen-bond acceptors (Lipinski definition) is 4.